The number of hydrogen-bond donors (Lipinski definition) is 0. The third kappa shape index (κ3) is 3.91. The maximum Gasteiger partial charge on any atom is 0.410 e. The molecule has 1 aromatic carbocycles. The fraction of sp³-hybridized carbons (Fsp3) is 0.526. The Hall–Kier alpha value is -0.880. The summed E-state index contributed by atoms with van der Waals surface area (Å²) < 4.78 is 21.7. The van der Waals surface area contributed by atoms with Gasteiger partial charge in [0.25, 0.3) is 0 Å². The van der Waals surface area contributed by atoms with Crippen molar-refractivity contribution in [1.82, 2.24) is 14.9 Å². The molecule has 156 valence electrons. The van der Waals surface area contributed by atoms with Gasteiger partial charge in [0, 0.05) is 22.0 Å². The van der Waals surface area contributed by atoms with Gasteiger partial charge in [0.05, 0.1) is 16.6 Å². The Morgan fingerprint density at radius 2 is 2.07 bits per heavy atom. The van der Waals surface area contributed by atoms with E-state index in [0.717, 1.165) is 15.8 Å². The zero-order chi connectivity index (χ0) is 21.1. The quantitative estimate of drug-likeness (QED) is 0.210. The van der Waals surface area contributed by atoms with Gasteiger partial charge in [0.1, 0.15) is 16.9 Å². The van der Waals surface area contributed by atoms with Crippen molar-refractivity contribution in [3.05, 3.63) is 19.9 Å². The average Bonchev–Trinajstić information content (AvgIpc) is 3.25. The zero-order valence-electron chi connectivity index (χ0n) is 16.5. The third-order valence-corrected chi connectivity index (χ3v) is 8.02. The lowest BCUT2D eigenvalue weighted by Crippen LogP contribution is -2.50. The molecular weight excluding hydrogens is 574 g/mol. The predicted molar refractivity (Wildman–Crippen MR) is 124 cm³/mol. The molecule has 1 amide bonds. The van der Waals surface area contributed by atoms with Crippen LogP contribution in [0.1, 0.15) is 27.2 Å². The number of hydrogen-bond acceptors (Lipinski definition) is 6. The van der Waals surface area contributed by atoms with E-state index in [4.69, 9.17) is 9.72 Å². The molecule has 0 aliphatic carbocycles. The second kappa shape index (κ2) is 7.67. The smallest absolute Gasteiger partial charge is 0.410 e. The first-order chi connectivity index (χ1) is 13.6. The van der Waals surface area contributed by atoms with Gasteiger partial charge in [-0.1, -0.05) is 11.8 Å². The SMILES string of the molecule is CSc1nc(N2C[C@@H]3C[C@H]2CN3C(=O)OC(C)(C)C)c2cc(I)c(Br)c(F)c2n1. The van der Waals surface area contributed by atoms with E-state index in [1.807, 2.05) is 38.0 Å². The van der Waals surface area contributed by atoms with Crippen molar-refractivity contribution < 1.29 is 13.9 Å². The number of anilines is 1. The van der Waals surface area contributed by atoms with Gasteiger partial charge in [-0.25, -0.2) is 19.2 Å². The summed E-state index contributed by atoms with van der Waals surface area (Å²) in [5.74, 6) is 0.366. The van der Waals surface area contributed by atoms with Gasteiger partial charge in [-0.05, 0) is 78.0 Å². The number of amides is 1. The van der Waals surface area contributed by atoms with E-state index in [2.05, 4.69) is 48.4 Å². The minimum atomic E-state index is -0.518. The van der Waals surface area contributed by atoms with Gasteiger partial charge in [-0.3, -0.25) is 0 Å². The molecule has 2 atom stereocenters. The molecule has 6 nitrogen and oxygen atoms in total. The van der Waals surface area contributed by atoms with Crippen LogP contribution in [-0.4, -0.2) is 58.0 Å². The number of likely N-dealkylation sites (tertiary alicyclic amines) is 1. The lowest BCUT2D eigenvalue weighted by atomic mass is 10.2. The molecule has 4 rings (SSSR count). The normalized spacial score (nSPS) is 21.3. The van der Waals surface area contributed by atoms with Crippen molar-refractivity contribution in [3.8, 4) is 0 Å². The number of aromatic nitrogens is 2. The van der Waals surface area contributed by atoms with E-state index in [1.54, 1.807) is 0 Å². The molecule has 29 heavy (non-hydrogen) atoms. The molecule has 3 heterocycles. The number of benzene rings is 1. The fourth-order valence-corrected chi connectivity index (χ4v) is 5.13. The standard InChI is InChI=1S/C19H21BrFIN4O2S/c1-19(2,3)28-18(27)26-8-9-5-10(26)7-25(9)16-11-6-12(22)13(20)14(21)15(11)23-17(24-16)29-4/h6,9-10H,5,7-8H2,1-4H3/t9-,10-/m0/s1. The van der Waals surface area contributed by atoms with E-state index in [-0.39, 0.29) is 24.0 Å². The molecule has 10 heteroatoms. The van der Waals surface area contributed by atoms with E-state index < -0.39 is 5.60 Å². The molecule has 2 aliphatic heterocycles. The molecule has 0 spiro atoms. The topological polar surface area (TPSA) is 58.6 Å². The lowest BCUT2D eigenvalue weighted by Gasteiger charge is -2.36. The number of nitrogens with zero attached hydrogens (tertiary/aromatic N) is 4. The van der Waals surface area contributed by atoms with Crippen LogP contribution in [0.15, 0.2) is 15.7 Å². The third-order valence-electron chi connectivity index (χ3n) is 5.11. The van der Waals surface area contributed by atoms with Gasteiger partial charge in [-0.15, -0.1) is 0 Å². The minimum Gasteiger partial charge on any atom is -0.444 e. The highest BCUT2D eigenvalue weighted by Gasteiger charge is 2.47. The van der Waals surface area contributed by atoms with Crippen LogP contribution in [0.5, 0.6) is 0 Å². The van der Waals surface area contributed by atoms with E-state index in [0.29, 0.717) is 33.6 Å². The van der Waals surface area contributed by atoms with Gasteiger partial charge >= 0.3 is 6.09 Å². The summed E-state index contributed by atoms with van der Waals surface area (Å²) in [6.07, 6.45) is 2.46. The molecule has 2 saturated heterocycles. The highest BCUT2D eigenvalue weighted by Crippen LogP contribution is 2.40. The van der Waals surface area contributed by atoms with Crippen molar-refractivity contribution in [2.75, 3.05) is 24.2 Å². The molecule has 1 aromatic heterocycles. The molecule has 2 aromatic rings. The highest BCUT2D eigenvalue weighted by atomic mass is 127. The van der Waals surface area contributed by atoms with Gasteiger partial charge < -0.3 is 14.5 Å². The largest absolute Gasteiger partial charge is 0.444 e. The molecule has 2 bridgehead atoms. The van der Waals surface area contributed by atoms with Crippen LogP contribution in [0.25, 0.3) is 10.9 Å². The summed E-state index contributed by atoms with van der Waals surface area (Å²) in [6.45, 7) is 6.85. The first-order valence-corrected chi connectivity index (χ1v) is 12.3. The number of thioether (sulfide) groups is 1. The minimum absolute atomic E-state index is 0.0666. The molecule has 0 radical (unpaired) electrons. The Labute approximate surface area is 195 Å². The predicted octanol–water partition coefficient (Wildman–Crippen LogP) is 5.06. The molecule has 0 N–H and O–H groups in total. The van der Waals surface area contributed by atoms with Crippen molar-refractivity contribution in [2.24, 2.45) is 0 Å². The Morgan fingerprint density at radius 3 is 2.66 bits per heavy atom. The van der Waals surface area contributed by atoms with Crippen molar-refractivity contribution in [2.45, 2.75) is 50.0 Å². The highest BCUT2D eigenvalue weighted by molar-refractivity contribution is 14.1. The first-order valence-electron chi connectivity index (χ1n) is 9.24. The Kier molecular flexibility index (Phi) is 5.65. The van der Waals surface area contributed by atoms with Gasteiger partial charge in [-0.2, -0.15) is 0 Å². The average molecular weight is 595 g/mol. The number of halogens is 3. The van der Waals surface area contributed by atoms with E-state index in [9.17, 15) is 9.18 Å². The van der Waals surface area contributed by atoms with Crippen molar-refractivity contribution in [3.63, 3.8) is 0 Å². The summed E-state index contributed by atoms with van der Waals surface area (Å²) in [6, 6.07) is 2.11. The summed E-state index contributed by atoms with van der Waals surface area (Å²) in [5, 5.41) is 1.23. The number of fused-ring (bicyclic) bond motifs is 3. The van der Waals surface area contributed by atoms with E-state index in [1.165, 1.54) is 11.8 Å². The molecule has 2 fully saturated rings. The Morgan fingerprint density at radius 1 is 1.34 bits per heavy atom. The van der Waals surface area contributed by atoms with Crippen LogP contribution in [0, 0.1) is 9.39 Å². The summed E-state index contributed by atoms with van der Waals surface area (Å²) in [7, 11) is 0. The first kappa shape index (κ1) is 21.4. The van der Waals surface area contributed by atoms with Crippen LogP contribution in [0.2, 0.25) is 0 Å². The lowest BCUT2D eigenvalue weighted by molar-refractivity contribution is 0.0214. The monoisotopic (exact) mass is 594 g/mol. The van der Waals surface area contributed by atoms with Crippen molar-refractivity contribution in [1.29, 1.82) is 0 Å². The fourth-order valence-electron chi connectivity index (χ4n) is 3.92. The van der Waals surface area contributed by atoms with Crippen LogP contribution in [0.4, 0.5) is 15.0 Å². The van der Waals surface area contributed by atoms with Gasteiger partial charge in [0.2, 0.25) is 0 Å². The number of piperazine rings is 1. The molecule has 2 aliphatic rings. The van der Waals surface area contributed by atoms with Crippen LogP contribution in [0.3, 0.4) is 0 Å². The zero-order valence-corrected chi connectivity index (χ0v) is 21.1. The molecule has 0 unspecified atom stereocenters. The second-order valence-corrected chi connectivity index (χ2v) is 11.0. The number of carbonyl (C=O) groups is 1. The Balaban J connectivity index is 1.68. The maximum atomic E-state index is 14.9. The van der Waals surface area contributed by atoms with Crippen molar-refractivity contribution >= 4 is 73.1 Å². The van der Waals surface area contributed by atoms with Crippen LogP contribution < -0.4 is 4.90 Å². The maximum absolute atomic E-state index is 14.9. The Bertz CT molecular complexity index is 1000. The number of carbonyl (C=O) groups excluding carboxylic acids is 1. The second-order valence-electron chi connectivity index (χ2n) is 8.24. The summed E-state index contributed by atoms with van der Waals surface area (Å²) in [4.78, 5) is 25.7. The summed E-state index contributed by atoms with van der Waals surface area (Å²) >= 11 is 6.81. The molecule has 0 saturated carbocycles. The summed E-state index contributed by atoms with van der Waals surface area (Å²) in [5.41, 5.74) is -0.200. The van der Waals surface area contributed by atoms with Crippen LogP contribution >= 0.6 is 50.3 Å². The molecular formula is C19H21BrFIN4O2S. The number of rotatable bonds is 2. The van der Waals surface area contributed by atoms with E-state index >= 15 is 0 Å². The number of ether oxygens (including phenoxy) is 1. The van der Waals surface area contributed by atoms with Crippen LogP contribution in [-0.2, 0) is 4.74 Å². The van der Waals surface area contributed by atoms with Gasteiger partial charge in [0.15, 0.2) is 11.0 Å².